The molecule has 1 N–H and O–H groups in total. The Morgan fingerprint density at radius 1 is 1.14 bits per heavy atom. The zero-order chi connectivity index (χ0) is 20.2. The summed E-state index contributed by atoms with van der Waals surface area (Å²) in [4.78, 5) is 30.2. The summed E-state index contributed by atoms with van der Waals surface area (Å²) in [7, 11) is 0. The van der Waals surface area contributed by atoms with Crippen molar-refractivity contribution in [2.24, 2.45) is 0 Å². The largest absolute Gasteiger partial charge is 0.486 e. The molecule has 1 atom stereocenters. The van der Waals surface area contributed by atoms with Crippen molar-refractivity contribution in [2.75, 3.05) is 19.7 Å². The number of nitrogens with zero attached hydrogens (tertiary/aromatic N) is 3. The van der Waals surface area contributed by atoms with Gasteiger partial charge in [0.1, 0.15) is 24.7 Å². The predicted octanol–water partition coefficient (Wildman–Crippen LogP) is 1.93. The van der Waals surface area contributed by atoms with Crippen molar-refractivity contribution in [2.45, 2.75) is 19.3 Å². The summed E-state index contributed by atoms with van der Waals surface area (Å²) in [6, 6.07) is 17.0. The fourth-order valence-corrected chi connectivity index (χ4v) is 3.34. The van der Waals surface area contributed by atoms with E-state index in [0.29, 0.717) is 12.4 Å². The van der Waals surface area contributed by atoms with E-state index in [1.807, 2.05) is 59.2 Å². The van der Waals surface area contributed by atoms with Gasteiger partial charge in [-0.3, -0.25) is 4.79 Å². The van der Waals surface area contributed by atoms with Crippen LogP contribution in [-0.4, -0.2) is 57.2 Å². The number of carbonyl (C=O) groups is 2. The van der Waals surface area contributed by atoms with E-state index in [1.54, 1.807) is 0 Å². The highest BCUT2D eigenvalue weighted by Gasteiger charge is 2.29. The number of hydrogen-bond donors (Lipinski definition) is 1. The van der Waals surface area contributed by atoms with Crippen LogP contribution in [0.1, 0.15) is 5.82 Å². The van der Waals surface area contributed by atoms with Gasteiger partial charge in [0.25, 0.3) is 0 Å². The number of hydrogen-bond acceptors (Lipinski definition) is 5. The molecule has 0 radical (unpaired) electrons. The topological polar surface area (TPSA) is 93.9 Å². The first-order valence-corrected chi connectivity index (χ1v) is 9.36. The number of carbonyl (C=O) groups excluding carboxylic acids is 1. The minimum Gasteiger partial charge on any atom is -0.486 e. The monoisotopic (exact) mass is 395 g/mol. The van der Waals surface area contributed by atoms with Crippen molar-refractivity contribution in [1.29, 1.82) is 0 Å². The molecule has 2 aromatic carbocycles. The smallest absolute Gasteiger partial charge is 0.334 e. The van der Waals surface area contributed by atoms with E-state index in [-0.39, 0.29) is 32.2 Å². The third-order valence-electron chi connectivity index (χ3n) is 4.83. The fraction of sp³-hybridized carbons (Fsp3) is 0.286. The number of imidazole rings is 1. The number of aromatic nitrogens is 2. The Labute approximate surface area is 167 Å². The molecule has 1 amide bonds. The molecule has 0 aliphatic carbocycles. The van der Waals surface area contributed by atoms with Gasteiger partial charge in [-0.1, -0.05) is 30.3 Å². The number of ether oxygens (including phenoxy) is 2. The van der Waals surface area contributed by atoms with Crippen LogP contribution >= 0.6 is 0 Å². The van der Waals surface area contributed by atoms with Crippen molar-refractivity contribution >= 4 is 22.9 Å². The SMILES string of the molecule is O=C(O)[C@@H]1CN(C(=O)Cn2c(COc3ccccc3)nc3ccccc32)CCO1. The number of carboxylic acids is 1. The lowest BCUT2D eigenvalue weighted by Crippen LogP contribution is -2.49. The lowest BCUT2D eigenvalue weighted by Gasteiger charge is -2.31. The number of benzene rings is 2. The number of aliphatic carboxylic acids is 1. The summed E-state index contributed by atoms with van der Waals surface area (Å²) < 4.78 is 12.9. The molecule has 1 aromatic heterocycles. The lowest BCUT2D eigenvalue weighted by atomic mass is 10.2. The van der Waals surface area contributed by atoms with Crippen LogP contribution in [0.25, 0.3) is 11.0 Å². The Bertz CT molecular complexity index is 1020. The van der Waals surface area contributed by atoms with E-state index in [1.165, 1.54) is 4.90 Å². The maximum absolute atomic E-state index is 12.9. The van der Waals surface area contributed by atoms with Gasteiger partial charge in [0.15, 0.2) is 6.10 Å². The molecule has 29 heavy (non-hydrogen) atoms. The highest BCUT2D eigenvalue weighted by Crippen LogP contribution is 2.19. The molecular weight excluding hydrogens is 374 g/mol. The molecule has 0 spiro atoms. The lowest BCUT2D eigenvalue weighted by molar-refractivity contribution is -0.159. The van der Waals surface area contributed by atoms with Crippen molar-refractivity contribution in [3.8, 4) is 5.75 Å². The zero-order valence-corrected chi connectivity index (χ0v) is 15.7. The molecule has 0 saturated carbocycles. The summed E-state index contributed by atoms with van der Waals surface area (Å²) in [5.41, 5.74) is 1.60. The molecule has 0 bridgehead atoms. The maximum Gasteiger partial charge on any atom is 0.334 e. The minimum atomic E-state index is -1.06. The Morgan fingerprint density at radius 2 is 1.90 bits per heavy atom. The Balaban J connectivity index is 1.55. The zero-order valence-electron chi connectivity index (χ0n) is 15.7. The van der Waals surface area contributed by atoms with Crippen LogP contribution < -0.4 is 4.74 Å². The third-order valence-corrected chi connectivity index (χ3v) is 4.83. The van der Waals surface area contributed by atoms with Crippen molar-refractivity contribution in [3.05, 3.63) is 60.4 Å². The van der Waals surface area contributed by atoms with Crippen molar-refractivity contribution < 1.29 is 24.2 Å². The Morgan fingerprint density at radius 3 is 2.69 bits per heavy atom. The van der Waals surface area contributed by atoms with E-state index in [4.69, 9.17) is 14.6 Å². The summed E-state index contributed by atoms with van der Waals surface area (Å²) >= 11 is 0. The average Bonchev–Trinajstić information content (AvgIpc) is 3.10. The van der Waals surface area contributed by atoms with Crippen molar-refractivity contribution in [3.63, 3.8) is 0 Å². The molecule has 1 aliphatic rings. The molecular formula is C21H21N3O5. The Kier molecular flexibility index (Phi) is 5.44. The van der Waals surface area contributed by atoms with E-state index in [2.05, 4.69) is 4.98 Å². The number of carboxylic acid groups (broad SMARTS) is 1. The van der Waals surface area contributed by atoms with Gasteiger partial charge < -0.3 is 24.0 Å². The first-order chi connectivity index (χ1) is 14.1. The second-order valence-electron chi connectivity index (χ2n) is 6.74. The van der Waals surface area contributed by atoms with Gasteiger partial charge in [-0.15, -0.1) is 0 Å². The summed E-state index contributed by atoms with van der Waals surface area (Å²) in [5, 5.41) is 9.16. The first-order valence-electron chi connectivity index (χ1n) is 9.36. The van der Waals surface area contributed by atoms with Gasteiger partial charge in [0.2, 0.25) is 5.91 Å². The summed E-state index contributed by atoms with van der Waals surface area (Å²) in [5.74, 6) is 0.109. The molecule has 150 valence electrons. The standard InChI is InChI=1S/C21H21N3O5/c25-20(23-10-11-28-18(12-23)21(26)27)13-24-17-9-5-4-8-16(17)22-19(24)14-29-15-6-2-1-3-7-15/h1-9,18H,10-14H2,(H,26,27)/t18-/m0/s1. The maximum atomic E-state index is 12.9. The molecule has 1 saturated heterocycles. The van der Waals surface area contributed by atoms with Crippen LogP contribution in [0.5, 0.6) is 5.75 Å². The third kappa shape index (κ3) is 4.22. The van der Waals surface area contributed by atoms with Crippen LogP contribution in [0.3, 0.4) is 0 Å². The van der Waals surface area contributed by atoms with Crippen LogP contribution in [0.15, 0.2) is 54.6 Å². The van der Waals surface area contributed by atoms with Gasteiger partial charge in [0, 0.05) is 6.54 Å². The molecule has 4 rings (SSSR count). The van der Waals surface area contributed by atoms with Gasteiger partial charge >= 0.3 is 5.97 Å². The van der Waals surface area contributed by atoms with Crippen LogP contribution in [0, 0.1) is 0 Å². The fourth-order valence-electron chi connectivity index (χ4n) is 3.34. The Hall–Kier alpha value is -3.39. The molecule has 8 heteroatoms. The van der Waals surface area contributed by atoms with Gasteiger partial charge in [-0.05, 0) is 24.3 Å². The molecule has 1 aliphatic heterocycles. The molecule has 2 heterocycles. The highest BCUT2D eigenvalue weighted by atomic mass is 16.5. The molecule has 1 fully saturated rings. The number of morpholine rings is 1. The normalized spacial score (nSPS) is 16.7. The first kappa shape index (κ1) is 18.9. The van der Waals surface area contributed by atoms with Gasteiger partial charge in [0.05, 0.1) is 24.2 Å². The quantitative estimate of drug-likeness (QED) is 0.685. The number of para-hydroxylation sites is 3. The van der Waals surface area contributed by atoms with Gasteiger partial charge in [-0.25, -0.2) is 9.78 Å². The molecule has 8 nitrogen and oxygen atoms in total. The highest BCUT2D eigenvalue weighted by molar-refractivity contribution is 5.82. The van der Waals surface area contributed by atoms with Crippen LogP contribution in [-0.2, 0) is 27.5 Å². The predicted molar refractivity (Wildman–Crippen MR) is 104 cm³/mol. The average molecular weight is 395 g/mol. The molecule has 0 unspecified atom stereocenters. The molecule has 3 aromatic rings. The van der Waals surface area contributed by atoms with Crippen LogP contribution in [0.2, 0.25) is 0 Å². The summed E-state index contributed by atoms with van der Waals surface area (Å²) in [6.07, 6.45) is -0.992. The minimum absolute atomic E-state index is 0.0383. The van der Waals surface area contributed by atoms with E-state index in [9.17, 15) is 9.59 Å². The number of amides is 1. The van der Waals surface area contributed by atoms with E-state index >= 15 is 0 Å². The van der Waals surface area contributed by atoms with Crippen molar-refractivity contribution in [1.82, 2.24) is 14.5 Å². The number of fused-ring (bicyclic) bond motifs is 1. The second kappa shape index (κ2) is 8.32. The van der Waals surface area contributed by atoms with E-state index < -0.39 is 12.1 Å². The van der Waals surface area contributed by atoms with E-state index in [0.717, 1.165) is 16.8 Å². The van der Waals surface area contributed by atoms with Crippen LogP contribution in [0.4, 0.5) is 0 Å². The van der Waals surface area contributed by atoms with Gasteiger partial charge in [-0.2, -0.15) is 0 Å². The summed E-state index contributed by atoms with van der Waals surface area (Å²) in [6.45, 7) is 0.881. The second-order valence-corrected chi connectivity index (χ2v) is 6.74. The number of rotatable bonds is 6.